The molecule has 4 rings (SSSR count). The Hall–Kier alpha value is -3.38. The van der Waals surface area contributed by atoms with Crippen molar-refractivity contribution in [2.75, 3.05) is 14.2 Å². The molecule has 1 N–H and O–H groups in total. The van der Waals surface area contributed by atoms with Gasteiger partial charge in [-0.25, -0.2) is 4.39 Å². The molecule has 3 atom stereocenters. The number of aryl methyl sites for hydroxylation is 1. The molecule has 5 nitrogen and oxygen atoms in total. The molecule has 0 spiro atoms. The van der Waals surface area contributed by atoms with Crippen molar-refractivity contribution in [1.29, 1.82) is 0 Å². The number of benzene rings is 3. The first-order chi connectivity index (χ1) is 15.9. The van der Waals surface area contributed by atoms with E-state index in [-0.39, 0.29) is 11.9 Å². The average molecular weight is 451 g/mol. The van der Waals surface area contributed by atoms with Crippen molar-refractivity contribution in [3.8, 4) is 22.6 Å². The fourth-order valence-electron chi connectivity index (χ4n) is 4.14. The summed E-state index contributed by atoms with van der Waals surface area (Å²) in [6, 6.07) is 17.9. The molecule has 0 aliphatic carbocycles. The summed E-state index contributed by atoms with van der Waals surface area (Å²) in [7, 11) is 2.86. The van der Waals surface area contributed by atoms with Crippen LogP contribution in [0.5, 0.6) is 11.5 Å². The van der Waals surface area contributed by atoms with Crippen LogP contribution >= 0.6 is 0 Å². The predicted octanol–water partition coefficient (Wildman–Crippen LogP) is 5.41. The molecule has 3 aromatic carbocycles. The van der Waals surface area contributed by atoms with Crippen molar-refractivity contribution < 1.29 is 28.5 Å². The molecule has 2 unspecified atom stereocenters. The quantitative estimate of drug-likeness (QED) is 0.509. The molecule has 172 valence electrons. The SMILES string of the molecule is COC(=O)C(C)[C@@H](O)c1ccc2c(c1)OC(c1ccc(-c3cc(OC)ccc3F)cc1)CC2. The third kappa shape index (κ3) is 4.71. The zero-order valence-corrected chi connectivity index (χ0v) is 18.9. The van der Waals surface area contributed by atoms with E-state index in [1.807, 2.05) is 36.4 Å². The second kappa shape index (κ2) is 9.63. The number of carbonyl (C=O) groups excluding carboxylic acids is 1. The lowest BCUT2D eigenvalue weighted by Gasteiger charge is -2.28. The zero-order chi connectivity index (χ0) is 23.5. The van der Waals surface area contributed by atoms with E-state index in [1.165, 1.54) is 13.2 Å². The average Bonchev–Trinajstić information content (AvgIpc) is 2.87. The molecular weight excluding hydrogens is 423 g/mol. The molecule has 6 heteroatoms. The number of carbonyl (C=O) groups is 1. The van der Waals surface area contributed by atoms with Crippen LogP contribution < -0.4 is 9.47 Å². The maximum Gasteiger partial charge on any atom is 0.311 e. The Kier molecular flexibility index (Phi) is 6.65. The van der Waals surface area contributed by atoms with Crippen LogP contribution in [0.25, 0.3) is 11.1 Å². The molecule has 0 amide bonds. The molecule has 1 aliphatic rings. The van der Waals surface area contributed by atoms with E-state index >= 15 is 0 Å². The Bertz CT molecular complexity index is 1140. The monoisotopic (exact) mass is 450 g/mol. The third-order valence-corrected chi connectivity index (χ3v) is 6.19. The van der Waals surface area contributed by atoms with E-state index in [4.69, 9.17) is 14.2 Å². The molecule has 1 aliphatic heterocycles. The molecule has 1 heterocycles. The fourth-order valence-corrected chi connectivity index (χ4v) is 4.14. The number of aliphatic hydroxyl groups is 1. The van der Waals surface area contributed by atoms with Gasteiger partial charge in [-0.1, -0.05) is 36.4 Å². The lowest BCUT2D eigenvalue weighted by molar-refractivity contribution is -0.148. The summed E-state index contributed by atoms with van der Waals surface area (Å²) in [6.45, 7) is 1.63. The van der Waals surface area contributed by atoms with E-state index in [1.54, 1.807) is 32.2 Å². The summed E-state index contributed by atoms with van der Waals surface area (Å²) in [6.07, 6.45) is 0.492. The lowest BCUT2D eigenvalue weighted by Crippen LogP contribution is -2.21. The minimum absolute atomic E-state index is 0.160. The van der Waals surface area contributed by atoms with Gasteiger partial charge in [0.15, 0.2) is 0 Å². The fraction of sp³-hybridized carbons (Fsp3) is 0.296. The third-order valence-electron chi connectivity index (χ3n) is 6.19. The second-order valence-electron chi connectivity index (χ2n) is 8.24. The number of hydrogen-bond donors (Lipinski definition) is 1. The topological polar surface area (TPSA) is 65.0 Å². The van der Waals surface area contributed by atoms with E-state index in [9.17, 15) is 14.3 Å². The van der Waals surface area contributed by atoms with E-state index in [0.717, 1.165) is 29.5 Å². The van der Waals surface area contributed by atoms with Crippen molar-refractivity contribution in [2.45, 2.75) is 32.0 Å². The summed E-state index contributed by atoms with van der Waals surface area (Å²) >= 11 is 0. The van der Waals surface area contributed by atoms with Crippen LogP contribution in [0, 0.1) is 11.7 Å². The largest absolute Gasteiger partial charge is 0.497 e. The van der Waals surface area contributed by atoms with E-state index < -0.39 is 18.0 Å². The number of ether oxygens (including phenoxy) is 3. The molecular formula is C27H27FO5. The van der Waals surface area contributed by atoms with Crippen LogP contribution in [0.3, 0.4) is 0 Å². The van der Waals surface area contributed by atoms with E-state index in [0.29, 0.717) is 22.6 Å². The van der Waals surface area contributed by atoms with Gasteiger partial charge < -0.3 is 19.3 Å². The Morgan fingerprint density at radius 2 is 1.85 bits per heavy atom. The van der Waals surface area contributed by atoms with Crippen molar-refractivity contribution in [2.24, 2.45) is 5.92 Å². The highest BCUT2D eigenvalue weighted by atomic mass is 19.1. The number of rotatable bonds is 6. The predicted molar refractivity (Wildman–Crippen MR) is 123 cm³/mol. The number of esters is 1. The maximum absolute atomic E-state index is 14.3. The number of methoxy groups -OCH3 is 2. The number of fused-ring (bicyclic) bond motifs is 1. The van der Waals surface area contributed by atoms with Gasteiger partial charge in [-0.3, -0.25) is 4.79 Å². The summed E-state index contributed by atoms with van der Waals surface area (Å²) in [5.74, 6) is -0.160. The van der Waals surface area contributed by atoms with Gasteiger partial charge in [-0.05, 0) is 66.3 Å². The summed E-state index contributed by atoms with van der Waals surface area (Å²) in [5.41, 5.74) is 3.89. The smallest absolute Gasteiger partial charge is 0.311 e. The van der Waals surface area contributed by atoms with Gasteiger partial charge in [-0.15, -0.1) is 0 Å². The van der Waals surface area contributed by atoms with Crippen LogP contribution in [-0.4, -0.2) is 25.3 Å². The van der Waals surface area contributed by atoms with Crippen molar-refractivity contribution in [1.82, 2.24) is 0 Å². The van der Waals surface area contributed by atoms with Gasteiger partial charge >= 0.3 is 5.97 Å². The second-order valence-corrected chi connectivity index (χ2v) is 8.24. The number of hydrogen-bond acceptors (Lipinski definition) is 5. The first-order valence-electron chi connectivity index (χ1n) is 10.9. The van der Waals surface area contributed by atoms with Gasteiger partial charge in [-0.2, -0.15) is 0 Å². The molecule has 33 heavy (non-hydrogen) atoms. The number of aliphatic hydroxyl groups excluding tert-OH is 1. The molecule has 0 bridgehead atoms. The van der Waals surface area contributed by atoms with Crippen LogP contribution in [-0.2, 0) is 16.0 Å². The number of halogens is 1. The minimum Gasteiger partial charge on any atom is -0.497 e. The Balaban J connectivity index is 1.53. The Morgan fingerprint density at radius 3 is 2.55 bits per heavy atom. The van der Waals surface area contributed by atoms with Gasteiger partial charge in [0.1, 0.15) is 23.4 Å². The highest BCUT2D eigenvalue weighted by Crippen LogP contribution is 2.38. The van der Waals surface area contributed by atoms with Gasteiger partial charge in [0, 0.05) is 5.56 Å². The summed E-state index contributed by atoms with van der Waals surface area (Å²) in [5, 5.41) is 10.6. The van der Waals surface area contributed by atoms with Crippen LogP contribution in [0.1, 0.15) is 42.2 Å². The molecule has 0 fully saturated rings. The van der Waals surface area contributed by atoms with Crippen LogP contribution in [0.2, 0.25) is 0 Å². The summed E-state index contributed by atoms with van der Waals surface area (Å²) in [4.78, 5) is 11.8. The Morgan fingerprint density at radius 1 is 1.09 bits per heavy atom. The van der Waals surface area contributed by atoms with Gasteiger partial charge in [0.2, 0.25) is 0 Å². The van der Waals surface area contributed by atoms with E-state index in [2.05, 4.69) is 0 Å². The molecule has 0 radical (unpaired) electrons. The molecule has 0 saturated heterocycles. The maximum atomic E-state index is 14.3. The van der Waals surface area contributed by atoms with Gasteiger partial charge in [0.05, 0.1) is 26.2 Å². The highest BCUT2D eigenvalue weighted by Gasteiger charge is 2.27. The first-order valence-corrected chi connectivity index (χ1v) is 10.9. The molecule has 0 saturated carbocycles. The standard InChI is InChI=1S/C27H27FO5/c1-16(27(30)32-3)26(29)20-9-8-19-10-13-24(33-25(19)14-20)18-6-4-17(5-7-18)22-15-21(31-2)11-12-23(22)28/h4-9,11-12,14-16,24,26,29H,10,13H2,1-3H3/t16?,24?,26-/m1/s1. The molecule has 0 aromatic heterocycles. The van der Waals surface area contributed by atoms with Crippen LogP contribution in [0.4, 0.5) is 4.39 Å². The van der Waals surface area contributed by atoms with Crippen LogP contribution in [0.15, 0.2) is 60.7 Å². The lowest BCUT2D eigenvalue weighted by atomic mass is 9.92. The highest BCUT2D eigenvalue weighted by molar-refractivity contribution is 5.73. The zero-order valence-electron chi connectivity index (χ0n) is 18.9. The normalized spacial score (nSPS) is 16.8. The van der Waals surface area contributed by atoms with Crippen molar-refractivity contribution in [3.05, 3.63) is 83.2 Å². The van der Waals surface area contributed by atoms with Crippen molar-refractivity contribution in [3.63, 3.8) is 0 Å². The van der Waals surface area contributed by atoms with Gasteiger partial charge in [0.25, 0.3) is 0 Å². The first kappa shape index (κ1) is 22.8. The summed E-state index contributed by atoms with van der Waals surface area (Å²) < 4.78 is 30.5. The minimum atomic E-state index is -0.983. The Labute approximate surface area is 192 Å². The molecule has 3 aromatic rings. The van der Waals surface area contributed by atoms with Crippen molar-refractivity contribution >= 4 is 5.97 Å².